The van der Waals surface area contributed by atoms with E-state index < -0.39 is 0 Å². The van der Waals surface area contributed by atoms with Gasteiger partial charge in [-0.1, -0.05) is 13.8 Å². The highest BCUT2D eigenvalue weighted by atomic mass is 32.1. The maximum atomic E-state index is 13.3. The Kier molecular flexibility index (Phi) is 3.01. The highest BCUT2D eigenvalue weighted by molar-refractivity contribution is 7.71. The lowest BCUT2D eigenvalue weighted by atomic mass is 9.75. The van der Waals surface area contributed by atoms with Crippen molar-refractivity contribution in [1.82, 2.24) is 9.55 Å². The van der Waals surface area contributed by atoms with Crippen LogP contribution >= 0.6 is 12.2 Å². The van der Waals surface area contributed by atoms with Crippen molar-refractivity contribution in [3.63, 3.8) is 0 Å². The summed E-state index contributed by atoms with van der Waals surface area (Å²) >= 11 is 5.42. The predicted molar refractivity (Wildman–Crippen MR) is 78.4 cm³/mol. The molecule has 0 spiro atoms. The van der Waals surface area contributed by atoms with Crippen LogP contribution in [0.3, 0.4) is 0 Å². The van der Waals surface area contributed by atoms with Gasteiger partial charge in [0.05, 0.1) is 11.0 Å². The summed E-state index contributed by atoms with van der Waals surface area (Å²) in [5, 5.41) is 0. The first kappa shape index (κ1) is 12.9. The minimum atomic E-state index is -0.222. The maximum absolute atomic E-state index is 13.3. The second kappa shape index (κ2) is 4.44. The standard InChI is InChI=1S/C15H19FN2S/c1-15(2)7-5-11(6-8-15)18-13-4-3-10(16)9-12(13)17-14(18)19/h3-4,9,11H,5-8H2,1-2H3,(H,17,19). The quantitative estimate of drug-likeness (QED) is 0.730. The van der Waals surface area contributed by atoms with E-state index in [9.17, 15) is 4.39 Å². The zero-order chi connectivity index (χ0) is 13.6. The molecular weight excluding hydrogens is 259 g/mol. The van der Waals surface area contributed by atoms with Gasteiger partial charge in [-0.25, -0.2) is 4.39 Å². The second-order valence-corrected chi connectivity index (χ2v) is 6.74. The molecule has 3 rings (SSSR count). The average molecular weight is 278 g/mol. The molecule has 0 bridgehead atoms. The van der Waals surface area contributed by atoms with E-state index in [1.54, 1.807) is 0 Å². The number of aromatic nitrogens is 2. The summed E-state index contributed by atoms with van der Waals surface area (Å²) in [4.78, 5) is 3.12. The number of nitrogens with one attached hydrogen (secondary N) is 1. The largest absolute Gasteiger partial charge is 0.330 e. The van der Waals surface area contributed by atoms with Crippen LogP contribution in [0.4, 0.5) is 4.39 Å². The van der Waals surface area contributed by atoms with Crippen molar-refractivity contribution in [2.24, 2.45) is 5.41 Å². The first-order chi connectivity index (χ1) is 8.96. The molecule has 0 aliphatic heterocycles. The van der Waals surface area contributed by atoms with Crippen LogP contribution in [-0.4, -0.2) is 9.55 Å². The van der Waals surface area contributed by atoms with E-state index in [4.69, 9.17) is 12.2 Å². The smallest absolute Gasteiger partial charge is 0.178 e. The van der Waals surface area contributed by atoms with E-state index in [1.807, 2.05) is 6.07 Å². The fraction of sp³-hybridized carbons (Fsp3) is 0.533. The van der Waals surface area contributed by atoms with Gasteiger partial charge in [0.2, 0.25) is 0 Å². The van der Waals surface area contributed by atoms with Gasteiger partial charge in [-0.2, -0.15) is 0 Å². The van der Waals surface area contributed by atoms with Gasteiger partial charge in [-0.15, -0.1) is 0 Å². The van der Waals surface area contributed by atoms with Crippen LogP contribution < -0.4 is 0 Å². The Morgan fingerprint density at radius 2 is 2.00 bits per heavy atom. The van der Waals surface area contributed by atoms with Crippen molar-refractivity contribution in [3.05, 3.63) is 28.8 Å². The molecule has 0 atom stereocenters. The van der Waals surface area contributed by atoms with Gasteiger partial charge < -0.3 is 9.55 Å². The van der Waals surface area contributed by atoms with Crippen molar-refractivity contribution in [3.8, 4) is 0 Å². The molecule has 0 unspecified atom stereocenters. The fourth-order valence-corrected chi connectivity index (χ4v) is 3.47. The summed E-state index contributed by atoms with van der Waals surface area (Å²) in [5.74, 6) is -0.222. The zero-order valence-electron chi connectivity index (χ0n) is 11.4. The van der Waals surface area contributed by atoms with Crippen LogP contribution in [-0.2, 0) is 0 Å². The van der Waals surface area contributed by atoms with E-state index in [-0.39, 0.29) is 5.82 Å². The van der Waals surface area contributed by atoms with Crippen LogP contribution in [0.1, 0.15) is 45.6 Å². The first-order valence-corrected chi connectivity index (χ1v) is 7.27. The molecule has 1 saturated carbocycles. The lowest BCUT2D eigenvalue weighted by Gasteiger charge is -2.35. The number of aromatic amines is 1. The van der Waals surface area contributed by atoms with Gasteiger partial charge >= 0.3 is 0 Å². The van der Waals surface area contributed by atoms with Crippen LogP contribution in [0, 0.1) is 16.0 Å². The highest BCUT2D eigenvalue weighted by Gasteiger charge is 2.28. The molecular formula is C15H19FN2S. The third-order valence-electron chi connectivity index (χ3n) is 4.35. The number of nitrogens with zero attached hydrogens (tertiary/aromatic N) is 1. The molecule has 1 aromatic heterocycles. The lowest BCUT2D eigenvalue weighted by molar-refractivity contribution is 0.195. The number of halogens is 1. The van der Waals surface area contributed by atoms with Gasteiger partial charge in [0.15, 0.2) is 4.77 Å². The van der Waals surface area contributed by atoms with E-state index in [1.165, 1.54) is 25.0 Å². The molecule has 1 aromatic carbocycles. The third kappa shape index (κ3) is 2.34. The van der Waals surface area contributed by atoms with E-state index in [0.717, 1.165) is 23.9 Å². The van der Waals surface area contributed by atoms with Crippen LogP contribution in [0.2, 0.25) is 0 Å². The molecule has 0 amide bonds. The van der Waals surface area contributed by atoms with Gasteiger partial charge in [0, 0.05) is 6.04 Å². The number of rotatable bonds is 1. The minimum Gasteiger partial charge on any atom is -0.330 e. The Balaban J connectivity index is 2.01. The van der Waals surface area contributed by atoms with E-state index in [2.05, 4.69) is 23.4 Å². The third-order valence-corrected chi connectivity index (χ3v) is 4.65. The Morgan fingerprint density at radius 3 is 2.68 bits per heavy atom. The maximum Gasteiger partial charge on any atom is 0.178 e. The number of hydrogen-bond acceptors (Lipinski definition) is 1. The second-order valence-electron chi connectivity index (χ2n) is 6.36. The predicted octanol–water partition coefficient (Wildman–Crippen LogP) is 4.98. The van der Waals surface area contributed by atoms with Crippen molar-refractivity contribution >= 4 is 23.3 Å². The number of hydrogen-bond donors (Lipinski definition) is 1. The number of H-pyrrole nitrogens is 1. The molecule has 0 saturated heterocycles. The van der Waals surface area contributed by atoms with Gasteiger partial charge in [-0.05, 0) is 61.5 Å². The Hall–Kier alpha value is -1.16. The Morgan fingerprint density at radius 1 is 1.32 bits per heavy atom. The molecule has 19 heavy (non-hydrogen) atoms. The average Bonchev–Trinajstić information content (AvgIpc) is 2.65. The molecule has 1 fully saturated rings. The molecule has 1 heterocycles. The van der Waals surface area contributed by atoms with Gasteiger partial charge in [-0.3, -0.25) is 0 Å². The Labute approximate surface area is 117 Å². The summed E-state index contributed by atoms with van der Waals surface area (Å²) in [5.41, 5.74) is 2.27. The molecule has 1 aliphatic rings. The summed E-state index contributed by atoms with van der Waals surface area (Å²) in [6.45, 7) is 4.65. The zero-order valence-corrected chi connectivity index (χ0v) is 12.2. The monoisotopic (exact) mass is 278 g/mol. The first-order valence-electron chi connectivity index (χ1n) is 6.86. The van der Waals surface area contributed by atoms with Gasteiger partial charge in [0.1, 0.15) is 5.82 Å². The molecule has 1 N–H and O–H groups in total. The van der Waals surface area contributed by atoms with Crippen molar-refractivity contribution < 1.29 is 4.39 Å². The molecule has 4 heteroatoms. The van der Waals surface area contributed by atoms with Crippen LogP contribution in [0.15, 0.2) is 18.2 Å². The number of fused-ring (bicyclic) bond motifs is 1. The normalized spacial score (nSPS) is 19.9. The SMILES string of the molecule is CC1(C)CCC(n2c(=S)[nH]c3cc(F)ccc32)CC1. The summed E-state index contributed by atoms with van der Waals surface area (Å²) in [6.07, 6.45) is 4.72. The summed E-state index contributed by atoms with van der Waals surface area (Å²) in [7, 11) is 0. The van der Waals surface area contributed by atoms with Crippen molar-refractivity contribution in [2.45, 2.75) is 45.6 Å². The van der Waals surface area contributed by atoms with E-state index in [0.29, 0.717) is 16.2 Å². The van der Waals surface area contributed by atoms with Crippen LogP contribution in [0.25, 0.3) is 11.0 Å². The minimum absolute atomic E-state index is 0.222. The van der Waals surface area contributed by atoms with E-state index >= 15 is 0 Å². The summed E-state index contributed by atoms with van der Waals surface area (Å²) in [6, 6.07) is 5.30. The van der Waals surface area contributed by atoms with Crippen molar-refractivity contribution in [2.75, 3.05) is 0 Å². The van der Waals surface area contributed by atoms with Crippen LogP contribution in [0.5, 0.6) is 0 Å². The Bertz CT molecular complexity index is 658. The lowest BCUT2D eigenvalue weighted by Crippen LogP contribution is -2.23. The molecule has 1 aliphatic carbocycles. The van der Waals surface area contributed by atoms with Gasteiger partial charge in [0.25, 0.3) is 0 Å². The fourth-order valence-electron chi connectivity index (χ4n) is 3.11. The summed E-state index contributed by atoms with van der Waals surface area (Å²) < 4.78 is 16.2. The molecule has 102 valence electrons. The molecule has 2 aromatic rings. The number of benzene rings is 1. The molecule has 0 radical (unpaired) electrons. The molecule has 2 nitrogen and oxygen atoms in total. The van der Waals surface area contributed by atoms with Crippen molar-refractivity contribution in [1.29, 1.82) is 0 Å². The number of imidazole rings is 1. The highest BCUT2D eigenvalue weighted by Crippen LogP contribution is 2.41. The topological polar surface area (TPSA) is 20.7 Å².